The van der Waals surface area contributed by atoms with Gasteiger partial charge in [0.05, 0.1) is 12.2 Å². The van der Waals surface area contributed by atoms with Gasteiger partial charge in [-0.1, -0.05) is 38.3 Å². The highest BCUT2D eigenvalue weighted by Crippen LogP contribution is 2.28. The van der Waals surface area contributed by atoms with Crippen LogP contribution in [-0.4, -0.2) is 46.6 Å². The van der Waals surface area contributed by atoms with Gasteiger partial charge in [0.1, 0.15) is 5.75 Å². The van der Waals surface area contributed by atoms with Crippen molar-refractivity contribution < 1.29 is 24.9 Å². The van der Waals surface area contributed by atoms with Crippen molar-refractivity contribution in [2.24, 2.45) is 5.92 Å². The molecule has 0 aliphatic carbocycles. The van der Waals surface area contributed by atoms with Gasteiger partial charge in [-0.2, -0.15) is 0 Å². The largest absolute Gasteiger partial charge is 0.482 e. The lowest BCUT2D eigenvalue weighted by Gasteiger charge is -2.23. The quantitative estimate of drug-likeness (QED) is 0.456. The molecule has 0 saturated carbocycles. The first-order valence-electron chi connectivity index (χ1n) is 10.5. The van der Waals surface area contributed by atoms with E-state index in [1.54, 1.807) is 6.07 Å². The maximum absolute atomic E-state index is 10.8. The lowest BCUT2D eigenvalue weighted by atomic mass is 9.88. The molecular formula is C22H35NO5. The van der Waals surface area contributed by atoms with Gasteiger partial charge < -0.3 is 25.4 Å². The van der Waals surface area contributed by atoms with Crippen LogP contribution in [0.5, 0.6) is 5.75 Å². The van der Waals surface area contributed by atoms with Gasteiger partial charge in [0.2, 0.25) is 0 Å². The zero-order chi connectivity index (χ0) is 20.4. The van der Waals surface area contributed by atoms with Crippen molar-refractivity contribution in [3.8, 4) is 5.75 Å². The van der Waals surface area contributed by atoms with E-state index >= 15 is 0 Å². The molecule has 6 nitrogen and oxygen atoms in total. The van der Waals surface area contributed by atoms with Crippen LogP contribution in [0.2, 0.25) is 0 Å². The minimum atomic E-state index is -0.999. The number of hydrogen-bond donors (Lipinski definition) is 4. The van der Waals surface area contributed by atoms with Crippen LogP contribution in [0.3, 0.4) is 0 Å². The lowest BCUT2D eigenvalue weighted by molar-refractivity contribution is -0.139. The number of nitrogens with one attached hydrogen (secondary N) is 1. The van der Waals surface area contributed by atoms with Crippen molar-refractivity contribution >= 4 is 5.97 Å². The molecule has 0 spiro atoms. The first-order chi connectivity index (χ1) is 13.5. The number of aryl methyl sites for hydroxylation is 1. The molecule has 1 heterocycles. The number of rotatable bonds is 10. The molecule has 28 heavy (non-hydrogen) atoms. The lowest BCUT2D eigenvalue weighted by Crippen LogP contribution is -2.32. The predicted molar refractivity (Wildman–Crippen MR) is 108 cm³/mol. The molecule has 3 atom stereocenters. The Morgan fingerprint density at radius 2 is 2.14 bits per heavy atom. The molecular weight excluding hydrogens is 358 g/mol. The number of fused-ring (bicyclic) bond motifs is 1. The molecule has 2 rings (SSSR count). The van der Waals surface area contributed by atoms with Crippen molar-refractivity contribution in [2.45, 2.75) is 77.0 Å². The number of aliphatic hydroxyl groups excluding tert-OH is 2. The summed E-state index contributed by atoms with van der Waals surface area (Å²) in [7, 11) is 0. The summed E-state index contributed by atoms with van der Waals surface area (Å²) in [6.07, 6.45) is 6.60. The molecule has 0 aromatic heterocycles. The molecule has 0 bridgehead atoms. The topological polar surface area (TPSA) is 99.0 Å². The first-order valence-corrected chi connectivity index (χ1v) is 10.5. The fourth-order valence-electron chi connectivity index (χ4n) is 3.88. The Bertz CT molecular complexity index is 607. The molecule has 0 fully saturated rings. The number of hydrogen-bond acceptors (Lipinski definition) is 5. The third-order valence-corrected chi connectivity index (χ3v) is 5.58. The average Bonchev–Trinajstić information content (AvgIpc) is 2.74. The summed E-state index contributed by atoms with van der Waals surface area (Å²) in [5, 5.41) is 33.0. The van der Waals surface area contributed by atoms with Crippen LogP contribution in [0.1, 0.15) is 63.0 Å². The van der Waals surface area contributed by atoms with Crippen molar-refractivity contribution in [2.75, 3.05) is 13.2 Å². The maximum atomic E-state index is 10.8. The van der Waals surface area contributed by atoms with Crippen LogP contribution in [-0.2, 0) is 17.8 Å². The second-order valence-electron chi connectivity index (χ2n) is 7.80. The van der Waals surface area contributed by atoms with Gasteiger partial charge in [-0.05, 0) is 49.7 Å². The SMILES string of the molecule is CCCCCC(O)CCC1CCc2cccc(OCC(=O)O)c2CNCC1O. The Morgan fingerprint density at radius 3 is 2.89 bits per heavy atom. The maximum Gasteiger partial charge on any atom is 0.341 e. The summed E-state index contributed by atoms with van der Waals surface area (Å²) in [4.78, 5) is 10.8. The Balaban J connectivity index is 1.97. The minimum Gasteiger partial charge on any atom is -0.482 e. The number of unbranched alkanes of at least 4 members (excludes halogenated alkanes) is 2. The Hall–Kier alpha value is -1.63. The Morgan fingerprint density at radius 1 is 1.32 bits per heavy atom. The van der Waals surface area contributed by atoms with Gasteiger partial charge in [0, 0.05) is 18.7 Å². The fourth-order valence-corrected chi connectivity index (χ4v) is 3.88. The number of carboxylic acids is 1. The second kappa shape index (κ2) is 12.0. The van der Waals surface area contributed by atoms with Gasteiger partial charge in [-0.3, -0.25) is 0 Å². The average molecular weight is 394 g/mol. The molecule has 1 aromatic carbocycles. The van der Waals surface area contributed by atoms with Gasteiger partial charge in [0.25, 0.3) is 0 Å². The number of aliphatic hydroxyl groups is 2. The predicted octanol–water partition coefficient (Wildman–Crippen LogP) is 2.88. The third-order valence-electron chi connectivity index (χ3n) is 5.58. The number of aliphatic carboxylic acids is 1. The van der Waals surface area contributed by atoms with Crippen molar-refractivity contribution in [3.63, 3.8) is 0 Å². The summed E-state index contributed by atoms with van der Waals surface area (Å²) >= 11 is 0. The summed E-state index contributed by atoms with van der Waals surface area (Å²) in [6.45, 7) is 2.80. The Labute approximate surface area is 167 Å². The van der Waals surface area contributed by atoms with E-state index in [1.165, 1.54) is 0 Å². The molecule has 1 aliphatic heterocycles. The van der Waals surface area contributed by atoms with Crippen LogP contribution in [0, 0.1) is 5.92 Å². The van der Waals surface area contributed by atoms with Crippen molar-refractivity contribution in [1.82, 2.24) is 5.32 Å². The molecule has 3 unspecified atom stereocenters. The molecule has 6 heteroatoms. The van der Waals surface area contributed by atoms with Crippen LogP contribution < -0.4 is 10.1 Å². The molecule has 1 aliphatic rings. The van der Waals surface area contributed by atoms with Gasteiger partial charge in [-0.15, -0.1) is 0 Å². The Kier molecular flexibility index (Phi) is 9.75. The number of carboxylic acid groups (broad SMARTS) is 1. The molecule has 4 N–H and O–H groups in total. The van der Waals surface area contributed by atoms with E-state index in [9.17, 15) is 15.0 Å². The van der Waals surface area contributed by atoms with E-state index in [2.05, 4.69) is 12.2 Å². The van der Waals surface area contributed by atoms with E-state index in [-0.39, 0.29) is 18.6 Å². The van der Waals surface area contributed by atoms with E-state index in [0.717, 1.165) is 62.5 Å². The van der Waals surface area contributed by atoms with Crippen molar-refractivity contribution in [1.29, 1.82) is 0 Å². The monoisotopic (exact) mass is 393 g/mol. The highest BCUT2D eigenvalue weighted by atomic mass is 16.5. The highest BCUT2D eigenvalue weighted by molar-refractivity contribution is 5.68. The number of benzene rings is 1. The van der Waals surface area contributed by atoms with Crippen LogP contribution >= 0.6 is 0 Å². The van der Waals surface area contributed by atoms with E-state index in [0.29, 0.717) is 18.8 Å². The standard InChI is InChI=1S/C22H35NO5/c1-2-3-4-7-18(24)12-11-17-10-9-16-6-5-8-21(28-15-22(26)27)19(16)13-23-14-20(17)25/h5-6,8,17-18,20,23-25H,2-4,7,9-15H2,1H3,(H,26,27). The summed E-state index contributed by atoms with van der Waals surface area (Å²) in [6, 6.07) is 5.72. The summed E-state index contributed by atoms with van der Waals surface area (Å²) in [5.74, 6) is -0.281. The molecule has 0 amide bonds. The van der Waals surface area contributed by atoms with E-state index in [4.69, 9.17) is 9.84 Å². The fraction of sp³-hybridized carbons (Fsp3) is 0.682. The zero-order valence-electron chi connectivity index (χ0n) is 16.9. The highest BCUT2D eigenvalue weighted by Gasteiger charge is 2.23. The van der Waals surface area contributed by atoms with Crippen LogP contribution in [0.25, 0.3) is 0 Å². The molecule has 0 saturated heterocycles. The first kappa shape index (κ1) is 22.7. The van der Waals surface area contributed by atoms with Gasteiger partial charge in [-0.25, -0.2) is 4.79 Å². The minimum absolute atomic E-state index is 0.128. The summed E-state index contributed by atoms with van der Waals surface area (Å²) in [5.41, 5.74) is 2.09. The van der Waals surface area contributed by atoms with E-state index < -0.39 is 12.1 Å². The van der Waals surface area contributed by atoms with Crippen LogP contribution in [0.4, 0.5) is 0 Å². The normalized spacial score (nSPS) is 21.1. The van der Waals surface area contributed by atoms with Gasteiger partial charge in [0.15, 0.2) is 6.61 Å². The van der Waals surface area contributed by atoms with Crippen LogP contribution in [0.15, 0.2) is 18.2 Å². The number of carbonyl (C=O) groups is 1. The number of ether oxygens (including phenoxy) is 1. The summed E-state index contributed by atoms with van der Waals surface area (Å²) < 4.78 is 5.45. The second-order valence-corrected chi connectivity index (χ2v) is 7.80. The zero-order valence-corrected chi connectivity index (χ0v) is 16.9. The smallest absolute Gasteiger partial charge is 0.341 e. The number of β-amino-alcohol motifs (C(OH)–C–C–N with tert-alkyl or cyclic N) is 1. The van der Waals surface area contributed by atoms with Crippen molar-refractivity contribution in [3.05, 3.63) is 29.3 Å². The molecule has 1 aromatic rings. The third kappa shape index (κ3) is 7.41. The van der Waals surface area contributed by atoms with Gasteiger partial charge >= 0.3 is 5.97 Å². The van der Waals surface area contributed by atoms with E-state index in [1.807, 2.05) is 12.1 Å². The molecule has 0 radical (unpaired) electrons. The molecule has 158 valence electrons.